The van der Waals surface area contributed by atoms with Crippen LogP contribution in [0.1, 0.15) is 48.6 Å². The average molecular weight is 330 g/mol. The van der Waals surface area contributed by atoms with E-state index in [-0.39, 0.29) is 5.38 Å². The van der Waals surface area contributed by atoms with Crippen LogP contribution in [0.5, 0.6) is 5.75 Å². The molecule has 1 aromatic rings. The van der Waals surface area contributed by atoms with Crippen molar-refractivity contribution in [3.05, 3.63) is 27.7 Å². The minimum absolute atomic E-state index is 0.106. The van der Waals surface area contributed by atoms with Crippen molar-refractivity contribution < 1.29 is 4.74 Å². The molecule has 3 heteroatoms. The van der Waals surface area contributed by atoms with Gasteiger partial charge in [-0.3, -0.25) is 0 Å². The van der Waals surface area contributed by atoms with Gasteiger partial charge in [-0.2, -0.15) is 0 Å². The number of hydrogen-bond donors (Lipinski definition) is 0. The Bertz CT molecular complexity index is 440. The molecule has 1 aliphatic heterocycles. The first-order valence-electron chi connectivity index (χ1n) is 6.85. The topological polar surface area (TPSA) is 9.23 Å². The first kappa shape index (κ1) is 12.8. The van der Waals surface area contributed by atoms with Gasteiger partial charge in [0, 0.05) is 16.5 Å². The molecule has 0 saturated heterocycles. The molecule has 3 rings (SSSR count). The molecule has 0 amide bonds. The van der Waals surface area contributed by atoms with Crippen molar-refractivity contribution in [1.29, 1.82) is 0 Å². The second-order valence-corrected chi connectivity index (χ2v) is 6.77. The van der Waals surface area contributed by atoms with Crippen molar-refractivity contribution in [1.82, 2.24) is 0 Å². The third-order valence-corrected chi connectivity index (χ3v) is 5.19. The van der Waals surface area contributed by atoms with E-state index in [4.69, 9.17) is 16.3 Å². The van der Waals surface area contributed by atoms with E-state index >= 15 is 0 Å². The monoisotopic (exact) mass is 328 g/mol. The van der Waals surface area contributed by atoms with Crippen LogP contribution in [0.2, 0.25) is 0 Å². The predicted molar refractivity (Wildman–Crippen MR) is 78.5 cm³/mol. The zero-order valence-electron chi connectivity index (χ0n) is 10.4. The molecule has 2 aliphatic rings. The highest BCUT2D eigenvalue weighted by Crippen LogP contribution is 2.45. The first-order chi connectivity index (χ1) is 8.75. The minimum atomic E-state index is 0.106. The van der Waals surface area contributed by atoms with Crippen LogP contribution >= 0.6 is 27.5 Å². The summed E-state index contributed by atoms with van der Waals surface area (Å²) in [5.74, 6) is 1.67. The zero-order chi connectivity index (χ0) is 12.5. The third-order valence-electron chi connectivity index (χ3n) is 4.14. The van der Waals surface area contributed by atoms with Crippen LogP contribution in [0.3, 0.4) is 0 Å². The number of ether oxygens (including phenoxy) is 1. The minimum Gasteiger partial charge on any atom is -0.493 e. The molecule has 1 saturated carbocycles. The number of benzene rings is 1. The van der Waals surface area contributed by atoms with Gasteiger partial charge in [0.2, 0.25) is 0 Å². The van der Waals surface area contributed by atoms with E-state index in [1.807, 2.05) is 0 Å². The quantitative estimate of drug-likeness (QED) is 0.674. The molecule has 0 spiro atoms. The van der Waals surface area contributed by atoms with Gasteiger partial charge < -0.3 is 4.74 Å². The number of rotatable bonds is 2. The largest absolute Gasteiger partial charge is 0.493 e. The zero-order valence-corrected chi connectivity index (χ0v) is 12.8. The number of alkyl halides is 1. The van der Waals surface area contributed by atoms with E-state index in [9.17, 15) is 0 Å². The lowest BCUT2D eigenvalue weighted by Gasteiger charge is -2.27. The molecule has 1 fully saturated rings. The molecule has 1 atom stereocenters. The van der Waals surface area contributed by atoms with Gasteiger partial charge in [-0.1, -0.05) is 35.2 Å². The van der Waals surface area contributed by atoms with Crippen LogP contribution in [0.4, 0.5) is 0 Å². The highest BCUT2D eigenvalue weighted by molar-refractivity contribution is 9.10. The summed E-state index contributed by atoms with van der Waals surface area (Å²) in [5, 5.41) is 0.106. The lowest BCUT2D eigenvalue weighted by molar-refractivity contribution is 0.329. The summed E-state index contributed by atoms with van der Waals surface area (Å²) in [7, 11) is 0. The van der Waals surface area contributed by atoms with Gasteiger partial charge in [-0.25, -0.2) is 0 Å². The van der Waals surface area contributed by atoms with Gasteiger partial charge in [0.05, 0.1) is 12.0 Å². The van der Waals surface area contributed by atoms with Crippen LogP contribution in [0.15, 0.2) is 16.6 Å². The maximum absolute atomic E-state index is 6.74. The molecule has 0 N–H and O–H groups in total. The maximum Gasteiger partial charge on any atom is 0.127 e. The molecule has 1 heterocycles. The molecule has 0 radical (unpaired) electrons. The molecular weight excluding hydrogens is 312 g/mol. The lowest BCUT2D eigenvalue weighted by Crippen LogP contribution is -2.13. The molecule has 1 unspecified atom stereocenters. The molecule has 1 aromatic carbocycles. The molecule has 1 aliphatic carbocycles. The predicted octanol–water partition coefficient (Wildman–Crippen LogP) is 5.24. The summed E-state index contributed by atoms with van der Waals surface area (Å²) in [6.07, 6.45) is 7.55. The Hall–Kier alpha value is -0.210. The fraction of sp³-hybridized carbons (Fsp3) is 0.600. The highest BCUT2D eigenvalue weighted by Gasteiger charge is 2.28. The molecule has 98 valence electrons. The SMILES string of the molecule is ClC(c1cc(Br)cc2c1OCC2)C1CCCCC1. The number of fused-ring (bicyclic) bond motifs is 1. The smallest absolute Gasteiger partial charge is 0.127 e. The Labute approximate surface area is 122 Å². The Kier molecular flexibility index (Phi) is 3.86. The Morgan fingerprint density at radius 1 is 1.22 bits per heavy atom. The third kappa shape index (κ3) is 2.42. The molecule has 0 bridgehead atoms. The van der Waals surface area contributed by atoms with Crippen molar-refractivity contribution in [2.75, 3.05) is 6.61 Å². The average Bonchev–Trinajstić information content (AvgIpc) is 2.86. The van der Waals surface area contributed by atoms with Gasteiger partial charge in [0.15, 0.2) is 0 Å². The van der Waals surface area contributed by atoms with Gasteiger partial charge in [0.1, 0.15) is 5.75 Å². The first-order valence-corrected chi connectivity index (χ1v) is 8.08. The Morgan fingerprint density at radius 2 is 2.00 bits per heavy atom. The lowest BCUT2D eigenvalue weighted by atomic mass is 9.84. The summed E-state index contributed by atoms with van der Waals surface area (Å²) in [6, 6.07) is 4.31. The molecule has 0 aromatic heterocycles. The summed E-state index contributed by atoms with van der Waals surface area (Å²) in [4.78, 5) is 0. The van der Waals surface area contributed by atoms with Gasteiger partial charge in [-0.15, -0.1) is 11.6 Å². The number of halogens is 2. The molecular formula is C15H18BrClO. The highest BCUT2D eigenvalue weighted by atomic mass is 79.9. The van der Waals surface area contributed by atoms with Crippen LogP contribution in [-0.2, 0) is 6.42 Å². The standard InChI is InChI=1S/C15H18BrClO/c16-12-8-11-6-7-18-15(11)13(9-12)14(17)10-4-2-1-3-5-10/h8-10,14H,1-7H2. The van der Waals surface area contributed by atoms with Crippen molar-refractivity contribution in [3.63, 3.8) is 0 Å². The van der Waals surface area contributed by atoms with Gasteiger partial charge in [-0.05, 0) is 36.5 Å². The molecule has 18 heavy (non-hydrogen) atoms. The normalized spacial score (nSPS) is 21.4. The van der Waals surface area contributed by atoms with E-state index in [1.54, 1.807) is 0 Å². The van der Waals surface area contributed by atoms with Crippen molar-refractivity contribution >= 4 is 27.5 Å². The number of hydrogen-bond acceptors (Lipinski definition) is 1. The van der Waals surface area contributed by atoms with Crippen LogP contribution < -0.4 is 4.74 Å². The van der Waals surface area contributed by atoms with Crippen molar-refractivity contribution in [2.45, 2.75) is 43.9 Å². The fourth-order valence-corrected chi connectivity index (χ4v) is 4.12. The fourth-order valence-electron chi connectivity index (χ4n) is 3.18. The Morgan fingerprint density at radius 3 is 2.78 bits per heavy atom. The van der Waals surface area contributed by atoms with E-state index in [0.717, 1.165) is 23.2 Å². The van der Waals surface area contributed by atoms with Crippen LogP contribution in [0, 0.1) is 5.92 Å². The van der Waals surface area contributed by atoms with E-state index in [1.165, 1.54) is 43.2 Å². The maximum atomic E-state index is 6.74. The molecule has 1 nitrogen and oxygen atoms in total. The van der Waals surface area contributed by atoms with Gasteiger partial charge >= 0.3 is 0 Å². The summed E-state index contributed by atoms with van der Waals surface area (Å²) < 4.78 is 6.92. The van der Waals surface area contributed by atoms with E-state index in [0.29, 0.717) is 5.92 Å². The van der Waals surface area contributed by atoms with E-state index < -0.39 is 0 Å². The Balaban J connectivity index is 1.91. The van der Waals surface area contributed by atoms with E-state index in [2.05, 4.69) is 28.1 Å². The van der Waals surface area contributed by atoms with Crippen molar-refractivity contribution in [2.24, 2.45) is 5.92 Å². The summed E-state index contributed by atoms with van der Waals surface area (Å²) in [6.45, 7) is 0.799. The van der Waals surface area contributed by atoms with Crippen LogP contribution in [-0.4, -0.2) is 6.61 Å². The van der Waals surface area contributed by atoms with Crippen LogP contribution in [0.25, 0.3) is 0 Å². The van der Waals surface area contributed by atoms with Crippen molar-refractivity contribution in [3.8, 4) is 5.75 Å². The summed E-state index contributed by atoms with van der Waals surface area (Å²) in [5.41, 5.74) is 2.51. The summed E-state index contributed by atoms with van der Waals surface area (Å²) >= 11 is 10.3. The van der Waals surface area contributed by atoms with Gasteiger partial charge in [0.25, 0.3) is 0 Å². The second-order valence-electron chi connectivity index (χ2n) is 5.38. The second kappa shape index (κ2) is 5.42.